The van der Waals surface area contributed by atoms with Gasteiger partial charge in [-0.05, 0) is 12.5 Å². The number of nitrogens with zero attached hydrogens (tertiary/aromatic N) is 4. The number of hydrogen-bond donors (Lipinski definition) is 2. The van der Waals surface area contributed by atoms with Crippen molar-refractivity contribution in [2.45, 2.75) is 25.5 Å². The van der Waals surface area contributed by atoms with Crippen LogP contribution >= 0.6 is 23.2 Å². The van der Waals surface area contributed by atoms with Crippen molar-refractivity contribution in [3.8, 4) is 0 Å². The number of hydrogen-bond acceptors (Lipinski definition) is 5. The lowest BCUT2D eigenvalue weighted by molar-refractivity contribution is 0.0722. The number of rotatable bonds is 2. The van der Waals surface area contributed by atoms with Gasteiger partial charge in [-0.25, -0.2) is 9.97 Å². The minimum Gasteiger partial charge on any atom is -0.391 e. The van der Waals surface area contributed by atoms with Crippen LogP contribution in [0.15, 0.2) is 24.5 Å². The zero-order chi connectivity index (χ0) is 20.1. The van der Waals surface area contributed by atoms with E-state index in [0.717, 1.165) is 40.8 Å². The second-order valence-electron chi connectivity index (χ2n) is 7.50. The Morgan fingerprint density at radius 3 is 2.72 bits per heavy atom. The molecular formula is C20H19Cl2N5O2. The summed E-state index contributed by atoms with van der Waals surface area (Å²) in [6.07, 6.45) is 4.42. The normalized spacial score (nSPS) is 19.1. The first kappa shape index (κ1) is 18.7. The van der Waals surface area contributed by atoms with Crippen LogP contribution in [0.2, 0.25) is 10.0 Å². The van der Waals surface area contributed by atoms with Crippen LogP contribution in [0, 0.1) is 0 Å². The van der Waals surface area contributed by atoms with E-state index in [0.29, 0.717) is 36.1 Å². The Labute approximate surface area is 177 Å². The maximum atomic E-state index is 13.0. The number of β-amino-alcohol motifs (C(OH)–C–C–N with tert-alkyl or cyclic N) is 1. The summed E-state index contributed by atoms with van der Waals surface area (Å²) in [7, 11) is 0. The molecule has 1 atom stereocenters. The van der Waals surface area contributed by atoms with Gasteiger partial charge in [-0.1, -0.05) is 29.3 Å². The predicted molar refractivity (Wildman–Crippen MR) is 112 cm³/mol. The SMILES string of the molecule is O=C(c1ncc(N2CCC(O)C2)cn1)N1CCc2[nH]c3c(Cl)c(Cl)ccc3c2C1. The number of aromatic amines is 1. The number of aromatic nitrogens is 3. The molecule has 0 radical (unpaired) electrons. The highest BCUT2D eigenvalue weighted by Gasteiger charge is 2.27. The van der Waals surface area contributed by atoms with Crippen molar-refractivity contribution in [2.24, 2.45) is 0 Å². The molecule has 0 spiro atoms. The van der Waals surface area contributed by atoms with Crippen LogP contribution in [-0.2, 0) is 13.0 Å². The van der Waals surface area contributed by atoms with Crippen LogP contribution in [0.5, 0.6) is 0 Å². The number of anilines is 1. The Morgan fingerprint density at radius 1 is 1.21 bits per heavy atom. The van der Waals surface area contributed by atoms with E-state index in [1.807, 2.05) is 11.0 Å². The number of aliphatic hydroxyl groups excluding tert-OH is 1. The van der Waals surface area contributed by atoms with Gasteiger partial charge in [0.05, 0.1) is 39.7 Å². The molecule has 1 unspecified atom stereocenters. The highest BCUT2D eigenvalue weighted by Crippen LogP contribution is 2.35. The highest BCUT2D eigenvalue weighted by molar-refractivity contribution is 6.45. The number of fused-ring (bicyclic) bond motifs is 3. The maximum absolute atomic E-state index is 13.0. The minimum absolute atomic E-state index is 0.179. The lowest BCUT2D eigenvalue weighted by atomic mass is 10.0. The minimum atomic E-state index is -0.321. The molecule has 2 aromatic heterocycles. The Balaban J connectivity index is 1.37. The number of benzene rings is 1. The molecule has 0 bridgehead atoms. The molecule has 2 N–H and O–H groups in total. The number of aliphatic hydroxyl groups is 1. The van der Waals surface area contributed by atoms with Crippen LogP contribution in [0.4, 0.5) is 5.69 Å². The van der Waals surface area contributed by atoms with Crippen LogP contribution < -0.4 is 4.90 Å². The van der Waals surface area contributed by atoms with Gasteiger partial charge < -0.3 is 19.9 Å². The Morgan fingerprint density at radius 2 is 2.00 bits per heavy atom. The van der Waals surface area contributed by atoms with Gasteiger partial charge in [-0.2, -0.15) is 0 Å². The van der Waals surface area contributed by atoms with E-state index in [1.54, 1.807) is 23.4 Å². The van der Waals surface area contributed by atoms with Gasteiger partial charge in [0.25, 0.3) is 5.91 Å². The number of H-pyrrole nitrogens is 1. The first-order valence-electron chi connectivity index (χ1n) is 9.53. The molecule has 1 amide bonds. The second kappa shape index (κ2) is 7.16. The number of nitrogens with one attached hydrogen (secondary N) is 1. The molecule has 1 aromatic carbocycles. The quantitative estimate of drug-likeness (QED) is 0.651. The highest BCUT2D eigenvalue weighted by atomic mass is 35.5. The number of amides is 1. The zero-order valence-electron chi connectivity index (χ0n) is 15.5. The van der Waals surface area contributed by atoms with Gasteiger partial charge in [-0.3, -0.25) is 4.79 Å². The Hall–Kier alpha value is -2.35. The van der Waals surface area contributed by atoms with E-state index >= 15 is 0 Å². The monoisotopic (exact) mass is 431 g/mol. The molecule has 0 aliphatic carbocycles. The second-order valence-corrected chi connectivity index (χ2v) is 8.28. The summed E-state index contributed by atoms with van der Waals surface area (Å²) in [6, 6.07) is 3.71. The van der Waals surface area contributed by atoms with E-state index in [9.17, 15) is 9.90 Å². The van der Waals surface area contributed by atoms with Crippen LogP contribution in [0.1, 0.15) is 28.3 Å². The summed E-state index contributed by atoms with van der Waals surface area (Å²) in [5.41, 5.74) is 3.77. The van der Waals surface area contributed by atoms with Gasteiger partial charge >= 0.3 is 0 Å². The largest absolute Gasteiger partial charge is 0.391 e. The first-order chi connectivity index (χ1) is 14.0. The smallest absolute Gasteiger partial charge is 0.291 e. The van der Waals surface area contributed by atoms with Crippen molar-refractivity contribution in [2.75, 3.05) is 24.5 Å². The summed E-state index contributed by atoms with van der Waals surface area (Å²) in [6.45, 7) is 2.38. The third kappa shape index (κ3) is 3.23. The van der Waals surface area contributed by atoms with Crippen LogP contribution in [0.25, 0.3) is 10.9 Å². The van der Waals surface area contributed by atoms with Crippen molar-refractivity contribution < 1.29 is 9.90 Å². The van der Waals surface area contributed by atoms with Crippen molar-refractivity contribution in [1.29, 1.82) is 0 Å². The average Bonchev–Trinajstić information content (AvgIpc) is 3.34. The third-order valence-corrected chi connectivity index (χ3v) is 6.49. The summed E-state index contributed by atoms with van der Waals surface area (Å²) < 4.78 is 0. The van der Waals surface area contributed by atoms with Crippen molar-refractivity contribution in [1.82, 2.24) is 19.9 Å². The van der Waals surface area contributed by atoms with Crippen LogP contribution in [-0.4, -0.2) is 56.6 Å². The lowest BCUT2D eigenvalue weighted by Gasteiger charge is -2.26. The average molecular weight is 432 g/mol. The number of carbonyl (C=O) groups is 1. The molecule has 2 aliphatic rings. The molecule has 1 saturated heterocycles. The Kier molecular flexibility index (Phi) is 4.61. The van der Waals surface area contributed by atoms with E-state index in [4.69, 9.17) is 23.2 Å². The standard InChI is InChI=1S/C20H19Cl2N5O2/c21-15-2-1-13-14-10-27(6-4-16(14)25-18(13)17(15)22)20(29)19-23-7-11(8-24-19)26-5-3-12(28)9-26/h1-2,7-8,12,25,28H,3-6,9-10H2. The van der Waals surface area contributed by atoms with Gasteiger partial charge in [0.1, 0.15) is 0 Å². The van der Waals surface area contributed by atoms with Gasteiger partial charge in [0.2, 0.25) is 5.82 Å². The maximum Gasteiger partial charge on any atom is 0.291 e. The fourth-order valence-corrected chi connectivity index (χ4v) is 4.48. The first-order valence-corrected chi connectivity index (χ1v) is 10.3. The fourth-order valence-electron chi connectivity index (χ4n) is 4.11. The molecule has 5 rings (SSSR count). The van der Waals surface area contributed by atoms with Gasteiger partial charge in [-0.15, -0.1) is 0 Å². The molecule has 9 heteroatoms. The zero-order valence-corrected chi connectivity index (χ0v) is 17.0. The van der Waals surface area contributed by atoms with Crippen molar-refractivity contribution in [3.63, 3.8) is 0 Å². The topological polar surface area (TPSA) is 85.3 Å². The predicted octanol–water partition coefficient (Wildman–Crippen LogP) is 3.03. The van der Waals surface area contributed by atoms with E-state index in [1.165, 1.54) is 0 Å². The molecule has 29 heavy (non-hydrogen) atoms. The van der Waals surface area contributed by atoms with Crippen molar-refractivity contribution >= 4 is 45.7 Å². The van der Waals surface area contributed by atoms with Crippen molar-refractivity contribution in [3.05, 3.63) is 51.7 Å². The molecule has 3 aromatic rings. The van der Waals surface area contributed by atoms with Crippen LogP contribution in [0.3, 0.4) is 0 Å². The summed E-state index contributed by atoms with van der Waals surface area (Å²) in [4.78, 5) is 28.7. The van der Waals surface area contributed by atoms with E-state index in [-0.39, 0.29) is 17.8 Å². The summed E-state index contributed by atoms with van der Waals surface area (Å²) in [5.74, 6) is -0.0177. The number of halogens is 2. The Bertz CT molecular complexity index is 1100. The van der Waals surface area contributed by atoms with E-state index < -0.39 is 0 Å². The lowest BCUT2D eigenvalue weighted by Crippen LogP contribution is -2.36. The third-order valence-electron chi connectivity index (χ3n) is 5.69. The summed E-state index contributed by atoms with van der Waals surface area (Å²) in [5, 5.41) is 11.7. The molecule has 7 nitrogen and oxygen atoms in total. The van der Waals surface area contributed by atoms with Gasteiger partial charge in [0, 0.05) is 49.2 Å². The summed E-state index contributed by atoms with van der Waals surface area (Å²) >= 11 is 12.5. The molecule has 150 valence electrons. The molecule has 2 aliphatic heterocycles. The van der Waals surface area contributed by atoms with E-state index in [2.05, 4.69) is 15.0 Å². The van der Waals surface area contributed by atoms with Gasteiger partial charge in [0.15, 0.2) is 0 Å². The fraction of sp³-hybridized carbons (Fsp3) is 0.350. The molecule has 1 fully saturated rings. The number of carbonyl (C=O) groups excluding carboxylic acids is 1. The molecule has 0 saturated carbocycles. The molecular weight excluding hydrogens is 413 g/mol. The molecule has 4 heterocycles.